The van der Waals surface area contributed by atoms with Gasteiger partial charge < -0.3 is 11.5 Å². The van der Waals surface area contributed by atoms with Gasteiger partial charge in [-0.3, -0.25) is 9.11 Å². The van der Waals surface area contributed by atoms with E-state index < -0.39 is 10.4 Å². The molecule has 0 amide bonds. The summed E-state index contributed by atoms with van der Waals surface area (Å²) in [5.74, 6) is 0. The van der Waals surface area contributed by atoms with Gasteiger partial charge in [-0.25, -0.2) is 0 Å². The lowest BCUT2D eigenvalue weighted by molar-refractivity contribution is 0.381. The molecule has 0 aliphatic heterocycles. The lowest BCUT2D eigenvalue weighted by Crippen LogP contribution is -1.93. The predicted octanol–water partition coefficient (Wildman–Crippen LogP) is 0.0574. The van der Waals surface area contributed by atoms with Crippen LogP contribution < -0.4 is 11.5 Å². The second-order valence-corrected chi connectivity index (χ2v) is 2.92. The van der Waals surface area contributed by atoms with Gasteiger partial charge in [0.1, 0.15) is 0 Å². The van der Waals surface area contributed by atoms with E-state index in [0.717, 1.165) is 25.9 Å². The van der Waals surface area contributed by atoms with Crippen molar-refractivity contribution in [1.82, 2.24) is 0 Å². The number of hydrogen-bond acceptors (Lipinski definition) is 4. The van der Waals surface area contributed by atoms with Gasteiger partial charge >= 0.3 is 10.4 Å². The highest BCUT2D eigenvalue weighted by Gasteiger charge is 1.84. The van der Waals surface area contributed by atoms with E-state index in [2.05, 4.69) is 13.8 Å². The second-order valence-electron chi connectivity index (χ2n) is 2.03. The van der Waals surface area contributed by atoms with Gasteiger partial charge in [-0.1, -0.05) is 13.8 Å². The van der Waals surface area contributed by atoms with E-state index in [1.54, 1.807) is 0 Å². The normalized spacial score (nSPS) is 9.08. The molecule has 0 unspecified atom stereocenters. The zero-order valence-electron chi connectivity index (χ0n) is 8.10. The van der Waals surface area contributed by atoms with Crippen LogP contribution in [0.25, 0.3) is 0 Å². The van der Waals surface area contributed by atoms with E-state index in [9.17, 15) is 0 Å². The molecule has 0 aliphatic rings. The van der Waals surface area contributed by atoms with Crippen LogP contribution in [-0.4, -0.2) is 30.6 Å². The third-order valence-corrected chi connectivity index (χ3v) is 0.577. The van der Waals surface area contributed by atoms with Crippen molar-refractivity contribution in [3.8, 4) is 0 Å². The third kappa shape index (κ3) is 353. The van der Waals surface area contributed by atoms with Gasteiger partial charge in [-0.05, 0) is 25.9 Å². The van der Waals surface area contributed by atoms with Crippen molar-refractivity contribution < 1.29 is 17.5 Å². The van der Waals surface area contributed by atoms with Crippen LogP contribution in [0.3, 0.4) is 0 Å². The molecule has 84 valence electrons. The fraction of sp³-hybridized carbons (Fsp3) is 1.00. The van der Waals surface area contributed by atoms with Crippen molar-refractivity contribution in [3.05, 3.63) is 0 Å². The molecule has 0 aliphatic carbocycles. The van der Waals surface area contributed by atoms with E-state index in [1.807, 2.05) is 0 Å². The van der Waals surface area contributed by atoms with Gasteiger partial charge in [0.05, 0.1) is 0 Å². The zero-order valence-corrected chi connectivity index (χ0v) is 8.92. The average Bonchev–Trinajstić information content (AvgIpc) is 2.01. The maximum Gasteiger partial charge on any atom is 0.394 e. The van der Waals surface area contributed by atoms with E-state index in [-0.39, 0.29) is 0 Å². The molecule has 0 aromatic rings. The molecule has 0 rings (SSSR count). The summed E-state index contributed by atoms with van der Waals surface area (Å²) in [5, 5.41) is 0. The smallest absolute Gasteiger partial charge is 0.330 e. The van der Waals surface area contributed by atoms with Crippen LogP contribution in [0.4, 0.5) is 0 Å². The Labute approximate surface area is 79.9 Å². The molecule has 6 nitrogen and oxygen atoms in total. The summed E-state index contributed by atoms with van der Waals surface area (Å²) in [4.78, 5) is 0. The Bertz CT molecular complexity index is 142. The first kappa shape index (κ1) is 18.5. The van der Waals surface area contributed by atoms with Crippen LogP contribution in [-0.2, 0) is 10.4 Å². The highest BCUT2D eigenvalue weighted by molar-refractivity contribution is 7.79. The molecule has 0 bridgehead atoms. The number of hydrogen-bond donors (Lipinski definition) is 4. The molecule has 6 N–H and O–H groups in total. The Morgan fingerprint density at radius 1 is 1.00 bits per heavy atom. The third-order valence-electron chi connectivity index (χ3n) is 0.577. The van der Waals surface area contributed by atoms with Gasteiger partial charge in [0.15, 0.2) is 0 Å². The van der Waals surface area contributed by atoms with Crippen LogP contribution in [0.1, 0.15) is 26.7 Å². The molecular weight excluding hydrogens is 196 g/mol. The van der Waals surface area contributed by atoms with Gasteiger partial charge in [-0.15, -0.1) is 0 Å². The minimum Gasteiger partial charge on any atom is -0.330 e. The van der Waals surface area contributed by atoms with Crippen molar-refractivity contribution >= 4 is 10.4 Å². The molecule has 0 saturated heterocycles. The highest BCUT2D eigenvalue weighted by Crippen LogP contribution is 1.59. The highest BCUT2D eigenvalue weighted by atomic mass is 32.3. The number of rotatable bonds is 2. The molecule has 0 spiro atoms. The summed E-state index contributed by atoms with van der Waals surface area (Å²) in [7, 11) is -4.67. The largest absolute Gasteiger partial charge is 0.394 e. The predicted molar refractivity (Wildman–Crippen MR) is 52.9 cm³/mol. The van der Waals surface area contributed by atoms with Gasteiger partial charge in [-0.2, -0.15) is 8.42 Å². The lowest BCUT2D eigenvalue weighted by Gasteiger charge is -1.70. The van der Waals surface area contributed by atoms with Crippen LogP contribution in [0.2, 0.25) is 0 Å². The van der Waals surface area contributed by atoms with Crippen molar-refractivity contribution in [3.63, 3.8) is 0 Å². The minimum atomic E-state index is -4.67. The fourth-order valence-electron chi connectivity index (χ4n) is 0. The standard InChI is InChI=1S/2C3H9N.H2O4S/c2*1-2-3-4;1-5(2,3)4/h2*2-4H2,1H3;(H2,1,2,3,4). The SMILES string of the molecule is CCCN.CCCN.O=S(=O)(O)O. The Balaban J connectivity index is -0.000000117. The monoisotopic (exact) mass is 216 g/mol. The average molecular weight is 216 g/mol. The van der Waals surface area contributed by atoms with Crippen molar-refractivity contribution in [1.29, 1.82) is 0 Å². The van der Waals surface area contributed by atoms with Crippen molar-refractivity contribution in [2.24, 2.45) is 11.5 Å². The molecule has 0 saturated carbocycles. The lowest BCUT2D eigenvalue weighted by atomic mass is 10.5. The first-order chi connectivity index (χ1) is 5.83. The van der Waals surface area contributed by atoms with Crippen LogP contribution >= 0.6 is 0 Å². The molecular formula is C6H20N2O4S. The second kappa shape index (κ2) is 14.3. The minimum absolute atomic E-state index is 0.819. The van der Waals surface area contributed by atoms with Gasteiger partial charge in [0, 0.05) is 0 Å². The van der Waals surface area contributed by atoms with Crippen LogP contribution in [0, 0.1) is 0 Å². The molecule has 0 atom stereocenters. The van der Waals surface area contributed by atoms with Gasteiger partial charge in [0.2, 0.25) is 0 Å². The molecule has 0 fully saturated rings. The molecule has 0 radical (unpaired) electrons. The maximum atomic E-state index is 8.74. The van der Waals surface area contributed by atoms with E-state index in [4.69, 9.17) is 29.0 Å². The van der Waals surface area contributed by atoms with E-state index in [1.165, 1.54) is 0 Å². The maximum absolute atomic E-state index is 8.74. The summed E-state index contributed by atoms with van der Waals surface area (Å²) in [5.41, 5.74) is 10.1. The Hall–Kier alpha value is -0.210. The summed E-state index contributed by atoms with van der Waals surface area (Å²) < 4.78 is 31.6. The van der Waals surface area contributed by atoms with Crippen LogP contribution in [0.15, 0.2) is 0 Å². The Morgan fingerprint density at radius 2 is 1.08 bits per heavy atom. The molecule has 0 aromatic carbocycles. The van der Waals surface area contributed by atoms with Crippen molar-refractivity contribution in [2.75, 3.05) is 13.1 Å². The Kier molecular flexibility index (Phi) is 20.4. The Morgan fingerprint density at radius 3 is 1.08 bits per heavy atom. The zero-order chi connectivity index (χ0) is 11.3. The fourth-order valence-corrected chi connectivity index (χ4v) is 0. The molecule has 7 heteroatoms. The number of nitrogens with two attached hydrogens (primary N) is 2. The first-order valence-electron chi connectivity index (χ1n) is 3.93. The summed E-state index contributed by atoms with van der Waals surface area (Å²) in [6.45, 7) is 5.75. The summed E-state index contributed by atoms with van der Waals surface area (Å²) in [6, 6.07) is 0. The molecule has 0 heterocycles. The van der Waals surface area contributed by atoms with E-state index in [0.29, 0.717) is 0 Å². The quantitative estimate of drug-likeness (QED) is 0.483. The summed E-state index contributed by atoms with van der Waals surface area (Å²) >= 11 is 0. The van der Waals surface area contributed by atoms with Crippen molar-refractivity contribution in [2.45, 2.75) is 26.7 Å². The van der Waals surface area contributed by atoms with Crippen LogP contribution in [0.5, 0.6) is 0 Å². The molecule has 13 heavy (non-hydrogen) atoms. The first-order valence-corrected chi connectivity index (χ1v) is 5.33. The summed E-state index contributed by atoms with van der Waals surface area (Å²) in [6.07, 6.45) is 2.19. The van der Waals surface area contributed by atoms with Gasteiger partial charge in [0.25, 0.3) is 0 Å². The molecule has 0 aromatic heterocycles. The van der Waals surface area contributed by atoms with E-state index >= 15 is 0 Å². The topological polar surface area (TPSA) is 127 Å².